The molecule has 0 aliphatic heterocycles. The highest BCUT2D eigenvalue weighted by Crippen LogP contribution is 2.22. The van der Waals surface area contributed by atoms with Gasteiger partial charge >= 0.3 is 5.97 Å². The van der Waals surface area contributed by atoms with E-state index in [4.69, 9.17) is 4.74 Å². The highest BCUT2D eigenvalue weighted by atomic mass is 16.6. The van der Waals surface area contributed by atoms with Crippen LogP contribution in [0.5, 0.6) is 0 Å². The van der Waals surface area contributed by atoms with Crippen LogP contribution >= 0.6 is 0 Å². The Balaban J connectivity index is 2.05. The zero-order valence-electron chi connectivity index (χ0n) is 11.8. The Hall–Kier alpha value is -3.13. The van der Waals surface area contributed by atoms with Gasteiger partial charge in [-0.2, -0.15) is 0 Å². The number of ether oxygens (including phenoxy) is 1. The van der Waals surface area contributed by atoms with Crippen LogP contribution in [0.25, 0.3) is 0 Å². The minimum absolute atomic E-state index is 0.0197. The lowest BCUT2D eigenvalue weighted by Crippen LogP contribution is -2.13. The Morgan fingerprint density at radius 1 is 1.26 bits per heavy atom. The number of hydrogen-bond acceptors (Lipinski definition) is 7. The molecule has 0 aliphatic rings. The fraction of sp³-hybridized carbons (Fsp3) is 0.133. The molecular formula is C15H12N2O6. The number of rotatable bonds is 6. The summed E-state index contributed by atoms with van der Waals surface area (Å²) in [5.41, 5.74) is -0.0201. The van der Waals surface area contributed by atoms with Crippen molar-refractivity contribution in [2.45, 2.75) is 6.10 Å². The first kappa shape index (κ1) is 16.2. The van der Waals surface area contributed by atoms with Crippen molar-refractivity contribution in [3.05, 3.63) is 74.7 Å². The average Bonchev–Trinajstić information content (AvgIpc) is 2.59. The number of nitrogens with zero attached hydrogens (tertiary/aromatic N) is 2. The van der Waals surface area contributed by atoms with Crippen LogP contribution in [0.2, 0.25) is 0 Å². The number of non-ortho nitro benzene ring substituents is 1. The molecule has 8 nitrogen and oxygen atoms in total. The van der Waals surface area contributed by atoms with Crippen molar-refractivity contribution >= 4 is 17.3 Å². The fourth-order valence-corrected chi connectivity index (χ4v) is 1.90. The van der Waals surface area contributed by atoms with Crippen LogP contribution in [0.4, 0.5) is 11.4 Å². The molecule has 2 rings (SSSR count). The van der Waals surface area contributed by atoms with Gasteiger partial charge in [-0.05, 0) is 22.9 Å². The molecule has 118 valence electrons. The summed E-state index contributed by atoms with van der Waals surface area (Å²) in [5.74, 6) is -0.815. The fourth-order valence-electron chi connectivity index (χ4n) is 1.90. The molecule has 0 heterocycles. The van der Waals surface area contributed by atoms with E-state index in [0.29, 0.717) is 0 Å². The summed E-state index contributed by atoms with van der Waals surface area (Å²) in [6.07, 6.45) is -1.23. The third-order valence-electron chi connectivity index (χ3n) is 3.06. The monoisotopic (exact) mass is 316 g/mol. The maximum atomic E-state index is 11.9. The molecule has 23 heavy (non-hydrogen) atoms. The van der Waals surface area contributed by atoms with Crippen molar-refractivity contribution in [2.24, 2.45) is 5.18 Å². The number of nitroso groups, excluding NO2 is 1. The first-order valence-corrected chi connectivity index (χ1v) is 6.55. The second kappa shape index (κ2) is 7.23. The van der Waals surface area contributed by atoms with Gasteiger partial charge in [-0.1, -0.05) is 24.3 Å². The molecule has 0 fully saturated rings. The SMILES string of the molecule is O=Nc1ccccc1C(=O)OCC(O)c1cccc([N+](=O)[O-])c1. The van der Waals surface area contributed by atoms with Gasteiger partial charge in [0.15, 0.2) is 0 Å². The second-order valence-electron chi connectivity index (χ2n) is 4.57. The highest BCUT2D eigenvalue weighted by Gasteiger charge is 2.17. The van der Waals surface area contributed by atoms with E-state index >= 15 is 0 Å². The molecule has 2 aromatic rings. The summed E-state index contributed by atoms with van der Waals surface area (Å²) in [7, 11) is 0. The van der Waals surface area contributed by atoms with E-state index in [2.05, 4.69) is 5.18 Å². The number of nitro benzene ring substituents is 1. The number of aliphatic hydroxyl groups is 1. The molecule has 1 atom stereocenters. The van der Waals surface area contributed by atoms with Gasteiger partial charge in [0.25, 0.3) is 5.69 Å². The zero-order chi connectivity index (χ0) is 16.8. The number of hydrogen-bond donors (Lipinski definition) is 1. The normalized spacial score (nSPS) is 11.5. The number of esters is 1. The van der Waals surface area contributed by atoms with Crippen molar-refractivity contribution in [2.75, 3.05) is 6.61 Å². The number of benzene rings is 2. The quantitative estimate of drug-likeness (QED) is 0.379. The molecule has 0 spiro atoms. The predicted octanol–water partition coefficient (Wildman–Crippen LogP) is 2.88. The minimum atomic E-state index is -1.23. The zero-order valence-corrected chi connectivity index (χ0v) is 11.8. The van der Waals surface area contributed by atoms with E-state index in [1.165, 1.54) is 36.4 Å². The van der Waals surface area contributed by atoms with Gasteiger partial charge in [-0.15, -0.1) is 4.91 Å². The largest absolute Gasteiger partial charge is 0.459 e. The Kier molecular flexibility index (Phi) is 5.11. The van der Waals surface area contributed by atoms with Crippen LogP contribution in [-0.4, -0.2) is 22.6 Å². The number of aliphatic hydroxyl groups excluding tert-OH is 1. The molecule has 0 amide bonds. The van der Waals surface area contributed by atoms with Crippen molar-refractivity contribution in [1.82, 2.24) is 0 Å². The Morgan fingerprint density at radius 2 is 2.00 bits per heavy atom. The number of carbonyl (C=O) groups is 1. The summed E-state index contributed by atoms with van der Waals surface area (Å²) in [5, 5.41) is 23.4. The van der Waals surface area contributed by atoms with Crippen LogP contribution in [0, 0.1) is 15.0 Å². The second-order valence-corrected chi connectivity index (χ2v) is 4.57. The third-order valence-corrected chi connectivity index (χ3v) is 3.06. The molecule has 1 N–H and O–H groups in total. The van der Waals surface area contributed by atoms with Gasteiger partial charge in [0.05, 0.1) is 10.5 Å². The minimum Gasteiger partial charge on any atom is -0.459 e. The maximum absolute atomic E-state index is 11.9. The van der Waals surface area contributed by atoms with Gasteiger partial charge in [0, 0.05) is 12.1 Å². The standard InChI is InChI=1S/C15H12N2O6/c18-14(10-4-3-5-11(8-10)17(21)22)9-23-15(19)12-6-1-2-7-13(12)16-20/h1-8,14,18H,9H2. The van der Waals surface area contributed by atoms with E-state index < -0.39 is 23.6 Å². The number of carbonyl (C=O) groups excluding carboxylic acids is 1. The summed E-state index contributed by atoms with van der Waals surface area (Å²) in [6.45, 7) is -0.410. The molecule has 0 saturated carbocycles. The van der Waals surface area contributed by atoms with E-state index in [-0.39, 0.29) is 22.5 Å². The highest BCUT2D eigenvalue weighted by molar-refractivity contribution is 5.94. The van der Waals surface area contributed by atoms with Crippen LogP contribution < -0.4 is 0 Å². The van der Waals surface area contributed by atoms with Gasteiger partial charge in [0.1, 0.15) is 18.4 Å². The number of nitro groups is 1. The maximum Gasteiger partial charge on any atom is 0.340 e. The molecule has 8 heteroatoms. The molecule has 0 bridgehead atoms. The van der Waals surface area contributed by atoms with Crippen LogP contribution in [0.3, 0.4) is 0 Å². The molecular weight excluding hydrogens is 304 g/mol. The van der Waals surface area contributed by atoms with Gasteiger partial charge in [-0.3, -0.25) is 10.1 Å². The van der Waals surface area contributed by atoms with Crippen molar-refractivity contribution in [1.29, 1.82) is 0 Å². The first-order valence-electron chi connectivity index (χ1n) is 6.55. The predicted molar refractivity (Wildman–Crippen MR) is 80.2 cm³/mol. The molecule has 0 saturated heterocycles. The first-order chi connectivity index (χ1) is 11.0. The molecule has 0 aliphatic carbocycles. The Bertz CT molecular complexity index is 746. The smallest absolute Gasteiger partial charge is 0.340 e. The van der Waals surface area contributed by atoms with Crippen LogP contribution in [0.15, 0.2) is 53.7 Å². The van der Waals surface area contributed by atoms with Gasteiger partial charge in [0.2, 0.25) is 0 Å². The molecule has 2 aromatic carbocycles. The molecule has 0 radical (unpaired) electrons. The van der Waals surface area contributed by atoms with Crippen LogP contribution in [0.1, 0.15) is 22.0 Å². The van der Waals surface area contributed by atoms with Gasteiger partial charge in [-0.25, -0.2) is 4.79 Å². The van der Waals surface area contributed by atoms with E-state index in [1.807, 2.05) is 0 Å². The van der Waals surface area contributed by atoms with E-state index in [1.54, 1.807) is 12.1 Å². The molecule has 1 unspecified atom stereocenters. The Labute approximate surface area is 130 Å². The van der Waals surface area contributed by atoms with E-state index in [0.717, 1.165) is 0 Å². The van der Waals surface area contributed by atoms with Crippen molar-refractivity contribution in [3.63, 3.8) is 0 Å². The summed E-state index contributed by atoms with van der Waals surface area (Å²) in [4.78, 5) is 32.6. The lowest BCUT2D eigenvalue weighted by Gasteiger charge is -2.12. The van der Waals surface area contributed by atoms with Gasteiger partial charge < -0.3 is 9.84 Å². The summed E-state index contributed by atoms with van der Waals surface area (Å²) >= 11 is 0. The topological polar surface area (TPSA) is 119 Å². The molecule has 0 aromatic heterocycles. The third kappa shape index (κ3) is 3.95. The van der Waals surface area contributed by atoms with Crippen molar-refractivity contribution in [3.8, 4) is 0 Å². The van der Waals surface area contributed by atoms with E-state index in [9.17, 15) is 24.9 Å². The lowest BCUT2D eigenvalue weighted by molar-refractivity contribution is -0.385. The average molecular weight is 316 g/mol. The summed E-state index contributed by atoms with van der Waals surface area (Å²) < 4.78 is 4.93. The summed E-state index contributed by atoms with van der Waals surface area (Å²) in [6, 6.07) is 11.2. The van der Waals surface area contributed by atoms with Crippen LogP contribution in [-0.2, 0) is 4.74 Å². The Morgan fingerprint density at radius 3 is 2.70 bits per heavy atom. The van der Waals surface area contributed by atoms with Crippen molar-refractivity contribution < 1.29 is 19.6 Å². The lowest BCUT2D eigenvalue weighted by atomic mass is 10.1.